The fraction of sp³-hybridized carbons (Fsp3) is 0.286. The predicted octanol–water partition coefficient (Wildman–Crippen LogP) is 3.57. The van der Waals surface area contributed by atoms with Crippen molar-refractivity contribution in [2.75, 3.05) is 11.9 Å². The van der Waals surface area contributed by atoms with Gasteiger partial charge in [0.1, 0.15) is 5.76 Å². The molecule has 0 atom stereocenters. The minimum Gasteiger partial charge on any atom is -0.376 e. The van der Waals surface area contributed by atoms with Crippen LogP contribution in [0, 0.1) is 34.6 Å². The van der Waals surface area contributed by atoms with Crippen molar-refractivity contribution in [3.05, 3.63) is 64.2 Å². The van der Waals surface area contributed by atoms with Crippen molar-refractivity contribution in [3.8, 4) is 5.82 Å². The van der Waals surface area contributed by atoms with E-state index in [2.05, 4.69) is 27.1 Å². The molecule has 0 fully saturated rings. The molecule has 0 bridgehead atoms. The van der Waals surface area contributed by atoms with E-state index >= 15 is 0 Å². The van der Waals surface area contributed by atoms with Crippen LogP contribution in [0.5, 0.6) is 0 Å². The lowest BCUT2D eigenvalue weighted by molar-refractivity contribution is -0.119. The summed E-state index contributed by atoms with van der Waals surface area (Å²) < 4.78 is 7.15. The Morgan fingerprint density at radius 1 is 1.18 bits per heavy atom. The average Bonchev–Trinajstić information content (AvgIpc) is 3.17. The van der Waals surface area contributed by atoms with Crippen LogP contribution < -0.4 is 10.7 Å². The van der Waals surface area contributed by atoms with Gasteiger partial charge in [0.15, 0.2) is 5.82 Å². The zero-order chi connectivity index (χ0) is 20.3. The van der Waals surface area contributed by atoms with Gasteiger partial charge in [-0.2, -0.15) is 5.10 Å². The smallest absolute Gasteiger partial charge is 0.259 e. The van der Waals surface area contributed by atoms with Crippen LogP contribution in [-0.4, -0.2) is 28.4 Å². The fourth-order valence-corrected chi connectivity index (χ4v) is 3.13. The van der Waals surface area contributed by atoms with Gasteiger partial charge in [0, 0.05) is 28.7 Å². The molecule has 28 heavy (non-hydrogen) atoms. The summed E-state index contributed by atoms with van der Waals surface area (Å²) >= 11 is 0. The van der Waals surface area contributed by atoms with E-state index in [1.807, 2.05) is 63.5 Å². The molecule has 0 aliphatic rings. The van der Waals surface area contributed by atoms with E-state index in [1.54, 1.807) is 6.21 Å². The molecule has 7 heteroatoms. The largest absolute Gasteiger partial charge is 0.376 e. The molecular formula is C21H25N5O2. The molecule has 0 aliphatic carbocycles. The normalized spacial score (nSPS) is 11.2. The SMILES string of the molecule is Cc1ccc(NCC(=O)N/N=C\c2cc(C)n(-c3cc(C)on3)c2C)c(C)c1. The number of amides is 1. The Bertz CT molecular complexity index is 1030. The second-order valence-electron chi connectivity index (χ2n) is 6.92. The Hall–Kier alpha value is -3.35. The summed E-state index contributed by atoms with van der Waals surface area (Å²) in [4.78, 5) is 12.1. The molecule has 2 heterocycles. The van der Waals surface area contributed by atoms with Crippen LogP contribution >= 0.6 is 0 Å². The first-order valence-corrected chi connectivity index (χ1v) is 9.11. The molecule has 3 aromatic rings. The van der Waals surface area contributed by atoms with E-state index in [0.29, 0.717) is 0 Å². The Balaban J connectivity index is 1.61. The van der Waals surface area contributed by atoms with Crippen LogP contribution in [0.3, 0.4) is 0 Å². The molecule has 0 unspecified atom stereocenters. The van der Waals surface area contributed by atoms with Gasteiger partial charge in [0.05, 0.1) is 12.8 Å². The first-order valence-electron chi connectivity index (χ1n) is 9.11. The van der Waals surface area contributed by atoms with Crippen molar-refractivity contribution in [1.29, 1.82) is 0 Å². The summed E-state index contributed by atoms with van der Waals surface area (Å²) in [6, 6.07) is 9.92. The molecule has 7 nitrogen and oxygen atoms in total. The van der Waals surface area contributed by atoms with Gasteiger partial charge in [0.25, 0.3) is 5.91 Å². The number of hydrogen-bond acceptors (Lipinski definition) is 5. The van der Waals surface area contributed by atoms with E-state index in [-0.39, 0.29) is 12.5 Å². The molecule has 0 spiro atoms. The fourth-order valence-electron chi connectivity index (χ4n) is 3.13. The molecule has 2 aromatic heterocycles. The molecule has 1 amide bonds. The zero-order valence-corrected chi connectivity index (χ0v) is 16.8. The maximum Gasteiger partial charge on any atom is 0.259 e. The number of rotatable bonds is 6. The summed E-state index contributed by atoms with van der Waals surface area (Å²) in [6.07, 6.45) is 1.64. The number of hydrogen-bond donors (Lipinski definition) is 2. The number of carbonyl (C=O) groups is 1. The van der Waals surface area contributed by atoms with Gasteiger partial charge in [-0.05, 0) is 52.3 Å². The van der Waals surface area contributed by atoms with Crippen molar-refractivity contribution in [2.45, 2.75) is 34.6 Å². The lowest BCUT2D eigenvalue weighted by atomic mass is 10.1. The van der Waals surface area contributed by atoms with Crippen LogP contribution in [0.25, 0.3) is 5.82 Å². The zero-order valence-electron chi connectivity index (χ0n) is 16.8. The number of carbonyl (C=O) groups excluding carboxylic acids is 1. The molecule has 146 valence electrons. The van der Waals surface area contributed by atoms with Gasteiger partial charge >= 0.3 is 0 Å². The third-order valence-corrected chi connectivity index (χ3v) is 4.53. The highest BCUT2D eigenvalue weighted by Crippen LogP contribution is 2.19. The maximum absolute atomic E-state index is 12.1. The minimum absolute atomic E-state index is 0.151. The van der Waals surface area contributed by atoms with E-state index in [1.165, 1.54) is 5.56 Å². The second-order valence-corrected chi connectivity index (χ2v) is 6.92. The van der Waals surface area contributed by atoms with Gasteiger partial charge in [-0.3, -0.25) is 9.36 Å². The molecular weight excluding hydrogens is 354 g/mol. The average molecular weight is 379 g/mol. The molecule has 0 radical (unpaired) electrons. The van der Waals surface area contributed by atoms with Crippen LogP contribution in [0.1, 0.15) is 33.8 Å². The van der Waals surface area contributed by atoms with Crippen molar-refractivity contribution >= 4 is 17.8 Å². The third kappa shape index (κ3) is 4.31. The van der Waals surface area contributed by atoms with Crippen LogP contribution in [-0.2, 0) is 4.79 Å². The highest BCUT2D eigenvalue weighted by molar-refractivity contribution is 5.85. The Morgan fingerprint density at radius 2 is 1.96 bits per heavy atom. The number of nitrogens with zero attached hydrogens (tertiary/aromatic N) is 3. The highest BCUT2D eigenvalue weighted by atomic mass is 16.5. The van der Waals surface area contributed by atoms with Crippen LogP contribution in [0.4, 0.5) is 5.69 Å². The Morgan fingerprint density at radius 3 is 2.64 bits per heavy atom. The highest BCUT2D eigenvalue weighted by Gasteiger charge is 2.12. The number of aromatic nitrogens is 2. The lowest BCUT2D eigenvalue weighted by Crippen LogP contribution is -2.26. The van der Waals surface area contributed by atoms with E-state index in [4.69, 9.17) is 4.52 Å². The lowest BCUT2D eigenvalue weighted by Gasteiger charge is -2.09. The minimum atomic E-state index is -0.211. The van der Waals surface area contributed by atoms with Gasteiger partial charge < -0.3 is 9.84 Å². The molecule has 3 rings (SSSR count). The van der Waals surface area contributed by atoms with Crippen molar-refractivity contribution in [1.82, 2.24) is 15.1 Å². The first-order chi connectivity index (χ1) is 13.3. The summed E-state index contributed by atoms with van der Waals surface area (Å²) in [5.41, 5.74) is 8.67. The van der Waals surface area contributed by atoms with E-state index in [0.717, 1.165) is 39.8 Å². The predicted molar refractivity (Wildman–Crippen MR) is 110 cm³/mol. The summed E-state index contributed by atoms with van der Waals surface area (Å²) in [6.45, 7) is 10.0. The summed E-state index contributed by atoms with van der Waals surface area (Å²) in [5, 5.41) is 11.3. The van der Waals surface area contributed by atoms with Crippen molar-refractivity contribution < 1.29 is 9.32 Å². The number of anilines is 1. The number of nitrogens with one attached hydrogen (secondary N) is 2. The maximum atomic E-state index is 12.1. The standard InChI is InChI=1S/C21H25N5O2/c1-13-6-7-19(14(2)8-13)22-12-21(27)24-23-11-18-9-15(3)26(17(18)5)20-10-16(4)28-25-20/h6-11,22H,12H2,1-5H3,(H,24,27)/b23-11-. The van der Waals surface area contributed by atoms with Crippen molar-refractivity contribution in [3.63, 3.8) is 0 Å². The van der Waals surface area contributed by atoms with Crippen LogP contribution in [0.2, 0.25) is 0 Å². The van der Waals surface area contributed by atoms with Gasteiger partial charge in [-0.25, -0.2) is 5.43 Å². The topological polar surface area (TPSA) is 84.5 Å². The number of benzene rings is 1. The molecule has 0 saturated carbocycles. The van der Waals surface area contributed by atoms with Crippen LogP contribution in [0.15, 0.2) is 40.0 Å². The monoisotopic (exact) mass is 379 g/mol. The Kier molecular flexibility index (Phi) is 5.63. The molecule has 0 saturated heterocycles. The quantitative estimate of drug-likeness (QED) is 0.506. The third-order valence-electron chi connectivity index (χ3n) is 4.53. The first kappa shape index (κ1) is 19.4. The number of hydrazone groups is 1. The summed E-state index contributed by atoms with van der Waals surface area (Å²) in [5.74, 6) is 1.27. The Labute approximate surface area is 164 Å². The van der Waals surface area contributed by atoms with E-state index in [9.17, 15) is 4.79 Å². The number of aryl methyl sites for hydroxylation is 4. The molecule has 2 N–H and O–H groups in total. The van der Waals surface area contributed by atoms with E-state index < -0.39 is 0 Å². The summed E-state index contributed by atoms with van der Waals surface area (Å²) in [7, 11) is 0. The second kappa shape index (κ2) is 8.12. The van der Waals surface area contributed by atoms with Gasteiger partial charge in [0.2, 0.25) is 0 Å². The van der Waals surface area contributed by atoms with Crippen molar-refractivity contribution in [2.24, 2.45) is 5.10 Å². The molecule has 0 aliphatic heterocycles. The van der Waals surface area contributed by atoms with Gasteiger partial charge in [-0.1, -0.05) is 22.9 Å². The molecule has 1 aromatic carbocycles. The van der Waals surface area contributed by atoms with Gasteiger partial charge in [-0.15, -0.1) is 0 Å².